The highest BCUT2D eigenvalue weighted by molar-refractivity contribution is 6.30. The van der Waals surface area contributed by atoms with E-state index in [9.17, 15) is 9.59 Å². The number of nitrogens with zero attached hydrogens (tertiary/aromatic N) is 3. The van der Waals surface area contributed by atoms with Gasteiger partial charge in [0.15, 0.2) is 0 Å². The van der Waals surface area contributed by atoms with Gasteiger partial charge in [-0.2, -0.15) is 10.2 Å². The summed E-state index contributed by atoms with van der Waals surface area (Å²) in [5.74, 6) is -0.520. The number of rotatable bonds is 6. The van der Waals surface area contributed by atoms with E-state index in [2.05, 4.69) is 20.9 Å². The van der Waals surface area contributed by atoms with Crippen LogP contribution in [-0.4, -0.2) is 27.8 Å². The summed E-state index contributed by atoms with van der Waals surface area (Å²) in [4.78, 5) is 24.3. The minimum Gasteiger partial charge on any atom is -0.322 e. The lowest BCUT2D eigenvalue weighted by Crippen LogP contribution is -2.24. The van der Waals surface area contributed by atoms with Crippen molar-refractivity contribution in [3.63, 3.8) is 0 Å². The molecule has 3 aromatic rings. The summed E-state index contributed by atoms with van der Waals surface area (Å²) in [7, 11) is 0. The minimum atomic E-state index is -0.278. The van der Waals surface area contributed by atoms with Crippen LogP contribution in [-0.2, 0) is 11.3 Å². The second kappa shape index (κ2) is 9.16. The van der Waals surface area contributed by atoms with Gasteiger partial charge in [-0.25, -0.2) is 5.43 Å². The number of hydrogen-bond donors (Lipinski definition) is 2. The molecule has 148 valence electrons. The fourth-order valence-corrected chi connectivity index (χ4v) is 2.81. The Hall–Kier alpha value is -3.45. The van der Waals surface area contributed by atoms with Crippen LogP contribution in [0, 0.1) is 13.8 Å². The fourth-order valence-electron chi connectivity index (χ4n) is 2.69. The van der Waals surface area contributed by atoms with E-state index in [0.717, 1.165) is 17.0 Å². The van der Waals surface area contributed by atoms with Crippen molar-refractivity contribution < 1.29 is 9.59 Å². The Morgan fingerprint density at radius 3 is 2.59 bits per heavy atom. The maximum absolute atomic E-state index is 12.3. The quantitative estimate of drug-likeness (QED) is 0.482. The normalized spacial score (nSPS) is 10.9. The van der Waals surface area contributed by atoms with Crippen molar-refractivity contribution in [2.24, 2.45) is 5.10 Å². The number of aryl methyl sites for hydroxylation is 2. The molecule has 3 rings (SSSR count). The molecule has 1 aromatic heterocycles. The Kier molecular flexibility index (Phi) is 6.41. The Labute approximate surface area is 173 Å². The van der Waals surface area contributed by atoms with Crippen LogP contribution in [0.1, 0.15) is 27.3 Å². The van der Waals surface area contributed by atoms with Gasteiger partial charge < -0.3 is 5.32 Å². The second-order valence-corrected chi connectivity index (χ2v) is 6.90. The summed E-state index contributed by atoms with van der Waals surface area (Å²) in [5, 5.41) is 11.6. The monoisotopic (exact) mass is 409 g/mol. The maximum atomic E-state index is 12.3. The van der Waals surface area contributed by atoms with Gasteiger partial charge >= 0.3 is 0 Å². The molecule has 0 aliphatic rings. The first-order chi connectivity index (χ1) is 13.9. The molecule has 0 saturated heterocycles. The zero-order chi connectivity index (χ0) is 20.8. The average Bonchev–Trinajstić information content (AvgIpc) is 2.99. The number of anilines is 1. The number of nitrogens with one attached hydrogen (secondary N) is 2. The van der Waals surface area contributed by atoms with E-state index in [4.69, 9.17) is 11.6 Å². The Balaban J connectivity index is 1.57. The number of benzene rings is 2. The van der Waals surface area contributed by atoms with Gasteiger partial charge in [-0.3, -0.25) is 14.3 Å². The first-order valence-corrected chi connectivity index (χ1v) is 9.28. The first kappa shape index (κ1) is 20.3. The molecule has 0 aliphatic carbocycles. The van der Waals surface area contributed by atoms with Gasteiger partial charge in [-0.05, 0) is 61.9 Å². The third kappa shape index (κ3) is 5.76. The summed E-state index contributed by atoms with van der Waals surface area (Å²) in [6.07, 6.45) is 1.51. The summed E-state index contributed by atoms with van der Waals surface area (Å²) in [6.45, 7) is 3.85. The lowest BCUT2D eigenvalue weighted by atomic mass is 10.2. The van der Waals surface area contributed by atoms with Crippen LogP contribution in [0.2, 0.25) is 5.02 Å². The molecule has 8 heteroatoms. The van der Waals surface area contributed by atoms with Gasteiger partial charge in [0.2, 0.25) is 0 Å². The average molecular weight is 410 g/mol. The highest BCUT2D eigenvalue weighted by atomic mass is 35.5. The Morgan fingerprint density at radius 2 is 1.90 bits per heavy atom. The molecule has 2 N–H and O–H groups in total. The Bertz CT molecular complexity index is 1060. The van der Waals surface area contributed by atoms with Crippen LogP contribution in [0.5, 0.6) is 0 Å². The van der Waals surface area contributed by atoms with Gasteiger partial charge in [0.25, 0.3) is 11.8 Å². The lowest BCUT2D eigenvalue weighted by molar-refractivity contribution is -0.121. The van der Waals surface area contributed by atoms with Gasteiger partial charge in [0.05, 0.1) is 11.9 Å². The summed E-state index contributed by atoms with van der Waals surface area (Å²) in [6, 6.07) is 15.7. The third-order valence-corrected chi connectivity index (χ3v) is 4.30. The molecule has 0 unspecified atom stereocenters. The molecule has 0 atom stereocenters. The van der Waals surface area contributed by atoms with E-state index in [1.165, 1.54) is 6.21 Å². The third-order valence-electron chi connectivity index (χ3n) is 4.05. The van der Waals surface area contributed by atoms with E-state index in [1.807, 2.05) is 26.0 Å². The van der Waals surface area contributed by atoms with E-state index in [-0.39, 0.29) is 18.4 Å². The van der Waals surface area contributed by atoms with Crippen molar-refractivity contribution in [3.05, 3.63) is 82.1 Å². The highest BCUT2D eigenvalue weighted by Crippen LogP contribution is 2.13. The molecule has 7 nitrogen and oxygen atoms in total. The predicted octanol–water partition coefficient (Wildman–Crippen LogP) is 3.56. The zero-order valence-electron chi connectivity index (χ0n) is 16.0. The van der Waals surface area contributed by atoms with Crippen LogP contribution >= 0.6 is 11.6 Å². The highest BCUT2D eigenvalue weighted by Gasteiger charge is 2.07. The van der Waals surface area contributed by atoms with E-state index in [0.29, 0.717) is 16.3 Å². The van der Waals surface area contributed by atoms with Gasteiger partial charge in [0.1, 0.15) is 6.54 Å². The topological polar surface area (TPSA) is 88.4 Å². The van der Waals surface area contributed by atoms with Crippen molar-refractivity contribution in [1.29, 1.82) is 0 Å². The van der Waals surface area contributed by atoms with Gasteiger partial charge in [-0.1, -0.05) is 23.7 Å². The van der Waals surface area contributed by atoms with Crippen LogP contribution < -0.4 is 10.7 Å². The molecule has 0 aliphatic heterocycles. The molecule has 0 spiro atoms. The molecular weight excluding hydrogens is 390 g/mol. The van der Waals surface area contributed by atoms with Gasteiger partial charge in [-0.15, -0.1) is 0 Å². The number of carbonyl (C=O) groups is 2. The van der Waals surface area contributed by atoms with Crippen molar-refractivity contribution >= 4 is 35.3 Å². The summed E-state index contributed by atoms with van der Waals surface area (Å²) < 4.78 is 1.62. The maximum Gasteiger partial charge on any atom is 0.261 e. The van der Waals surface area contributed by atoms with E-state index in [1.54, 1.807) is 47.1 Å². The number of halogens is 1. The zero-order valence-corrected chi connectivity index (χ0v) is 16.8. The first-order valence-electron chi connectivity index (χ1n) is 8.90. The molecule has 2 amide bonds. The standard InChI is InChI=1S/C21H20ClN5O2/c1-14-10-15(2)27(26-14)13-20(28)25-23-12-16-4-3-5-19(11-16)24-21(29)17-6-8-18(22)9-7-17/h3-12H,13H2,1-2H3,(H,24,29)(H,25,28)/b23-12+. The number of hydrogen-bond acceptors (Lipinski definition) is 4. The number of carbonyl (C=O) groups excluding carboxylic acids is 2. The van der Waals surface area contributed by atoms with Crippen molar-refractivity contribution in [3.8, 4) is 0 Å². The van der Waals surface area contributed by atoms with Crippen molar-refractivity contribution in [1.82, 2.24) is 15.2 Å². The number of amides is 2. The summed E-state index contributed by atoms with van der Waals surface area (Å²) in [5.41, 5.74) is 6.09. The van der Waals surface area contributed by atoms with Gasteiger partial charge in [0, 0.05) is 22.0 Å². The molecule has 1 heterocycles. The molecular formula is C21H20ClN5O2. The fraction of sp³-hybridized carbons (Fsp3) is 0.143. The van der Waals surface area contributed by atoms with Crippen molar-refractivity contribution in [2.45, 2.75) is 20.4 Å². The lowest BCUT2D eigenvalue weighted by Gasteiger charge is -2.06. The minimum absolute atomic E-state index is 0.0915. The van der Waals surface area contributed by atoms with Crippen LogP contribution in [0.3, 0.4) is 0 Å². The van der Waals surface area contributed by atoms with Crippen molar-refractivity contribution in [2.75, 3.05) is 5.32 Å². The molecule has 0 saturated carbocycles. The van der Waals surface area contributed by atoms with Crippen LogP contribution in [0.15, 0.2) is 59.7 Å². The predicted molar refractivity (Wildman–Crippen MR) is 113 cm³/mol. The molecule has 0 radical (unpaired) electrons. The smallest absolute Gasteiger partial charge is 0.261 e. The molecule has 2 aromatic carbocycles. The van der Waals surface area contributed by atoms with Crippen LogP contribution in [0.25, 0.3) is 0 Å². The summed E-state index contributed by atoms with van der Waals surface area (Å²) >= 11 is 5.84. The van der Waals surface area contributed by atoms with E-state index < -0.39 is 0 Å². The second-order valence-electron chi connectivity index (χ2n) is 6.46. The molecule has 29 heavy (non-hydrogen) atoms. The number of hydrazone groups is 1. The largest absolute Gasteiger partial charge is 0.322 e. The SMILES string of the molecule is Cc1cc(C)n(CC(=O)N/N=C/c2cccc(NC(=O)c3ccc(Cl)cc3)c2)n1. The van der Waals surface area contributed by atoms with E-state index >= 15 is 0 Å². The molecule has 0 fully saturated rings. The van der Waals surface area contributed by atoms with Crippen LogP contribution in [0.4, 0.5) is 5.69 Å². The number of aromatic nitrogens is 2. The Morgan fingerprint density at radius 1 is 1.14 bits per heavy atom. The molecule has 0 bridgehead atoms.